The molecule has 0 spiro atoms. The summed E-state index contributed by atoms with van der Waals surface area (Å²) in [7, 11) is -4.26. The quantitative estimate of drug-likeness (QED) is 0.494. The summed E-state index contributed by atoms with van der Waals surface area (Å²) in [5, 5.41) is 14.5. The number of alkyl halides is 3. The maximum atomic E-state index is 13.2. The zero-order chi connectivity index (χ0) is 21.4. The molecule has 0 aliphatic heterocycles. The van der Waals surface area contributed by atoms with Crippen LogP contribution in [0.4, 0.5) is 18.9 Å². The Bertz CT molecular complexity index is 1180. The largest absolute Gasteiger partial charge is 0.435 e. The van der Waals surface area contributed by atoms with Gasteiger partial charge in [-0.15, -0.1) is 5.10 Å². The number of aryl methyl sites for hydroxylation is 1. The van der Waals surface area contributed by atoms with Gasteiger partial charge in [0.25, 0.3) is 15.7 Å². The second-order valence-corrected chi connectivity index (χ2v) is 7.65. The van der Waals surface area contributed by atoms with Crippen molar-refractivity contribution in [1.29, 1.82) is 0 Å². The van der Waals surface area contributed by atoms with E-state index < -0.39 is 26.8 Å². The van der Waals surface area contributed by atoms with Gasteiger partial charge in [0.1, 0.15) is 0 Å². The Kier molecular flexibility index (Phi) is 5.05. The number of halogens is 3. The van der Waals surface area contributed by atoms with Gasteiger partial charge in [-0.05, 0) is 25.1 Å². The molecule has 1 N–H and O–H groups in total. The van der Waals surface area contributed by atoms with Crippen molar-refractivity contribution in [3.8, 4) is 11.3 Å². The number of hydrogen-bond donors (Lipinski definition) is 1. The van der Waals surface area contributed by atoms with E-state index in [0.717, 1.165) is 6.07 Å². The number of rotatable bonds is 5. The molecule has 0 atom stereocenters. The Morgan fingerprint density at radius 2 is 1.76 bits per heavy atom. The Labute approximate surface area is 162 Å². The fraction of sp³-hybridized carbons (Fsp3) is 0.118. The highest BCUT2D eigenvalue weighted by Gasteiger charge is 2.36. The van der Waals surface area contributed by atoms with Crippen LogP contribution in [0.25, 0.3) is 11.3 Å². The van der Waals surface area contributed by atoms with Crippen molar-refractivity contribution in [2.24, 2.45) is 0 Å². The van der Waals surface area contributed by atoms with Gasteiger partial charge in [-0.1, -0.05) is 30.3 Å². The highest BCUT2D eigenvalue weighted by molar-refractivity contribution is 7.92. The minimum atomic E-state index is -4.85. The number of nitro benzene ring substituents is 1. The predicted octanol–water partition coefficient (Wildman–Crippen LogP) is 3.72. The zero-order valence-corrected chi connectivity index (χ0v) is 15.5. The monoisotopic (exact) mass is 426 g/mol. The Morgan fingerprint density at radius 1 is 1.10 bits per heavy atom. The van der Waals surface area contributed by atoms with Crippen LogP contribution in [0.1, 0.15) is 11.3 Å². The van der Waals surface area contributed by atoms with Crippen LogP contribution in [-0.4, -0.2) is 23.2 Å². The van der Waals surface area contributed by atoms with Crippen molar-refractivity contribution in [2.45, 2.75) is 18.0 Å². The molecule has 152 valence electrons. The van der Waals surface area contributed by atoms with Gasteiger partial charge in [0.2, 0.25) is 0 Å². The second-order valence-electron chi connectivity index (χ2n) is 5.99. The van der Waals surface area contributed by atoms with Crippen molar-refractivity contribution in [3.63, 3.8) is 0 Å². The Hall–Kier alpha value is -3.41. The van der Waals surface area contributed by atoms with E-state index in [9.17, 15) is 31.7 Å². The summed E-state index contributed by atoms with van der Waals surface area (Å²) in [5.74, 6) is 0. The number of nitrogens with zero attached hydrogens (tertiary/aromatic N) is 3. The first-order chi connectivity index (χ1) is 13.5. The maximum Gasteiger partial charge on any atom is 0.435 e. The van der Waals surface area contributed by atoms with Crippen molar-refractivity contribution in [3.05, 3.63) is 76.0 Å². The summed E-state index contributed by atoms with van der Waals surface area (Å²) in [6, 6.07) is 11.3. The summed E-state index contributed by atoms with van der Waals surface area (Å²) in [5.41, 5.74) is -1.70. The normalized spacial score (nSPS) is 12.0. The summed E-state index contributed by atoms with van der Waals surface area (Å²) in [4.78, 5) is 12.7. The van der Waals surface area contributed by atoms with Gasteiger partial charge in [0, 0.05) is 17.2 Å². The van der Waals surface area contributed by atoms with E-state index in [4.69, 9.17) is 0 Å². The average Bonchev–Trinajstić information content (AvgIpc) is 3.06. The third kappa shape index (κ3) is 4.21. The third-order valence-corrected chi connectivity index (χ3v) is 5.27. The fourth-order valence-corrected chi connectivity index (χ4v) is 3.51. The number of sulfonamides is 1. The van der Waals surface area contributed by atoms with Gasteiger partial charge in [-0.25, -0.2) is 0 Å². The van der Waals surface area contributed by atoms with Crippen molar-refractivity contribution >= 4 is 15.7 Å². The van der Waals surface area contributed by atoms with Crippen LogP contribution in [0.3, 0.4) is 0 Å². The molecule has 0 aliphatic carbocycles. The topological polar surface area (TPSA) is 107 Å². The van der Waals surface area contributed by atoms with Crippen LogP contribution in [0.2, 0.25) is 0 Å². The first kappa shape index (κ1) is 20.3. The van der Waals surface area contributed by atoms with Gasteiger partial charge >= 0.3 is 6.18 Å². The van der Waals surface area contributed by atoms with Crippen LogP contribution >= 0.6 is 0 Å². The van der Waals surface area contributed by atoms with Gasteiger partial charge in [0.15, 0.2) is 5.69 Å². The lowest BCUT2D eigenvalue weighted by Crippen LogP contribution is -2.25. The highest BCUT2D eigenvalue weighted by Crippen LogP contribution is 2.33. The highest BCUT2D eigenvalue weighted by atomic mass is 32.2. The summed E-state index contributed by atoms with van der Waals surface area (Å²) < 4.78 is 64.5. The first-order valence-electron chi connectivity index (χ1n) is 7.99. The van der Waals surface area contributed by atoms with Crippen molar-refractivity contribution in [1.82, 2.24) is 9.89 Å². The standard InChI is InChI=1S/C17H13F3N4O4S/c1-11-7-8-12(9-14(11)24(25)26)15-10-16(17(18,19)20)21-23(15)22-29(27,28)13-5-3-2-4-6-13/h2-10,22H,1H3. The lowest BCUT2D eigenvalue weighted by Gasteiger charge is -2.11. The molecule has 0 aliphatic rings. The Morgan fingerprint density at radius 3 is 2.34 bits per heavy atom. The molecule has 12 heteroatoms. The molecule has 1 aromatic heterocycles. The molecule has 3 aromatic rings. The minimum Gasteiger partial charge on any atom is -0.258 e. The fourth-order valence-electron chi connectivity index (χ4n) is 2.53. The number of nitrogens with one attached hydrogen (secondary N) is 1. The second kappa shape index (κ2) is 7.20. The molecule has 0 bridgehead atoms. The molecule has 0 saturated heterocycles. The van der Waals surface area contributed by atoms with Crippen molar-refractivity contribution in [2.75, 3.05) is 4.83 Å². The lowest BCUT2D eigenvalue weighted by atomic mass is 10.1. The molecule has 29 heavy (non-hydrogen) atoms. The molecule has 0 amide bonds. The zero-order valence-electron chi connectivity index (χ0n) is 14.7. The Balaban J connectivity index is 2.14. The number of hydrogen-bond acceptors (Lipinski definition) is 5. The molecule has 0 saturated carbocycles. The minimum absolute atomic E-state index is 0.0129. The average molecular weight is 426 g/mol. The van der Waals surface area contributed by atoms with Gasteiger partial charge in [-0.2, -0.15) is 31.2 Å². The SMILES string of the molecule is Cc1ccc(-c2cc(C(F)(F)F)nn2NS(=O)(=O)c2ccccc2)cc1[N+](=O)[O-]. The van der Waals surface area contributed by atoms with Crippen molar-refractivity contribution < 1.29 is 26.5 Å². The molecule has 2 aromatic carbocycles. The van der Waals surface area contributed by atoms with E-state index >= 15 is 0 Å². The summed E-state index contributed by atoms with van der Waals surface area (Å²) in [6.45, 7) is 1.47. The smallest absolute Gasteiger partial charge is 0.258 e. The molecule has 8 nitrogen and oxygen atoms in total. The van der Waals surface area contributed by atoms with Crippen LogP contribution in [0.5, 0.6) is 0 Å². The summed E-state index contributed by atoms with van der Waals surface area (Å²) in [6.07, 6.45) is -4.85. The third-order valence-electron chi connectivity index (χ3n) is 3.96. The van der Waals surface area contributed by atoms with Crippen LogP contribution in [0, 0.1) is 17.0 Å². The van der Waals surface area contributed by atoms with E-state index in [1.165, 1.54) is 43.3 Å². The van der Waals surface area contributed by atoms with E-state index in [0.29, 0.717) is 16.4 Å². The molecule has 0 fully saturated rings. The lowest BCUT2D eigenvalue weighted by molar-refractivity contribution is -0.385. The van der Waals surface area contributed by atoms with E-state index in [1.807, 2.05) is 4.83 Å². The molecular formula is C17H13F3N4O4S. The molecule has 0 radical (unpaired) electrons. The molecule has 1 heterocycles. The molecule has 3 rings (SSSR count). The predicted molar refractivity (Wildman–Crippen MR) is 97.0 cm³/mol. The van der Waals surface area contributed by atoms with Crippen LogP contribution < -0.4 is 4.83 Å². The van der Waals surface area contributed by atoms with Crippen LogP contribution in [0.15, 0.2) is 59.5 Å². The van der Waals surface area contributed by atoms with Crippen LogP contribution in [-0.2, 0) is 16.2 Å². The number of benzene rings is 2. The summed E-state index contributed by atoms with van der Waals surface area (Å²) >= 11 is 0. The van der Waals surface area contributed by atoms with Gasteiger partial charge in [0.05, 0.1) is 15.5 Å². The van der Waals surface area contributed by atoms with E-state index in [2.05, 4.69) is 5.10 Å². The number of nitro groups is 1. The van der Waals surface area contributed by atoms with E-state index in [1.54, 1.807) is 6.07 Å². The van der Waals surface area contributed by atoms with Gasteiger partial charge in [-0.3, -0.25) is 10.1 Å². The molecule has 0 unspecified atom stereocenters. The first-order valence-corrected chi connectivity index (χ1v) is 9.48. The van der Waals surface area contributed by atoms with Gasteiger partial charge < -0.3 is 0 Å². The number of aromatic nitrogens is 2. The maximum absolute atomic E-state index is 13.2. The van der Waals surface area contributed by atoms with E-state index in [-0.39, 0.29) is 21.8 Å². The molecular weight excluding hydrogens is 413 g/mol.